The van der Waals surface area contributed by atoms with E-state index in [1.807, 2.05) is 13.0 Å². The fourth-order valence-corrected chi connectivity index (χ4v) is 2.36. The van der Waals surface area contributed by atoms with Crippen molar-refractivity contribution in [2.24, 2.45) is 0 Å². The van der Waals surface area contributed by atoms with Crippen molar-refractivity contribution in [3.63, 3.8) is 0 Å². The average Bonchev–Trinajstić information content (AvgIpc) is 3.18. The quantitative estimate of drug-likeness (QED) is 0.748. The van der Waals surface area contributed by atoms with Crippen LogP contribution in [0.5, 0.6) is 0 Å². The summed E-state index contributed by atoms with van der Waals surface area (Å²) in [5.41, 5.74) is 2.69. The number of rotatable bonds is 4. The Bertz CT molecular complexity index is 1000. The molecule has 0 bridgehead atoms. The summed E-state index contributed by atoms with van der Waals surface area (Å²) in [4.78, 5) is 24.6. The Labute approximate surface area is 150 Å². The van der Waals surface area contributed by atoms with Crippen molar-refractivity contribution in [3.05, 3.63) is 83.3 Å². The molecule has 6 nitrogen and oxygen atoms in total. The second kappa shape index (κ2) is 7.36. The zero-order valence-corrected chi connectivity index (χ0v) is 13.9. The highest BCUT2D eigenvalue weighted by Gasteiger charge is 2.13. The first kappa shape index (κ1) is 17.0. The van der Waals surface area contributed by atoms with Crippen LogP contribution in [0.25, 0.3) is 0 Å². The molecule has 0 unspecified atom stereocenters. The normalized spacial score (nSPS) is 10.0. The summed E-state index contributed by atoms with van der Waals surface area (Å²) in [7, 11) is 0. The third-order valence-electron chi connectivity index (χ3n) is 3.74. The number of carbonyl (C=O) groups is 2. The van der Waals surface area contributed by atoms with Crippen LogP contribution in [-0.2, 0) is 0 Å². The van der Waals surface area contributed by atoms with Crippen molar-refractivity contribution in [2.45, 2.75) is 6.92 Å². The van der Waals surface area contributed by atoms with Gasteiger partial charge >= 0.3 is 0 Å². The maximum atomic E-state index is 12.5. The molecule has 1 heterocycles. The van der Waals surface area contributed by atoms with Crippen LogP contribution in [0.1, 0.15) is 32.0 Å². The third kappa shape index (κ3) is 3.79. The van der Waals surface area contributed by atoms with Crippen LogP contribution in [0.15, 0.2) is 65.3 Å². The number of carbonyl (C=O) groups excluding carboxylic acids is 2. The van der Waals surface area contributed by atoms with Gasteiger partial charge in [0.05, 0.1) is 17.9 Å². The minimum absolute atomic E-state index is 0.188. The summed E-state index contributed by atoms with van der Waals surface area (Å²) >= 11 is 0. The molecule has 0 spiro atoms. The molecule has 0 radical (unpaired) electrons. The standard InChI is InChI=1S/C20H15N3O3/c1-13-7-8-15(11-17(13)23-20(25)18-6-3-9-26-18)19(24)22-16-5-2-4-14(10-16)12-21/h2-11H,1H3,(H,22,24)(H,23,25). The Kier molecular flexibility index (Phi) is 4.81. The summed E-state index contributed by atoms with van der Waals surface area (Å²) < 4.78 is 5.07. The van der Waals surface area contributed by atoms with Crippen molar-refractivity contribution in [1.29, 1.82) is 5.26 Å². The second-order valence-electron chi connectivity index (χ2n) is 5.61. The highest BCUT2D eigenvalue weighted by atomic mass is 16.3. The number of nitriles is 1. The Morgan fingerprint density at radius 1 is 1.00 bits per heavy atom. The predicted molar refractivity (Wildman–Crippen MR) is 97.0 cm³/mol. The molecule has 128 valence electrons. The number of furan rings is 1. The Morgan fingerprint density at radius 2 is 1.85 bits per heavy atom. The van der Waals surface area contributed by atoms with Crippen LogP contribution in [0.3, 0.4) is 0 Å². The maximum Gasteiger partial charge on any atom is 0.291 e. The number of nitrogens with zero attached hydrogens (tertiary/aromatic N) is 1. The SMILES string of the molecule is Cc1ccc(C(=O)Nc2cccc(C#N)c2)cc1NC(=O)c1ccco1. The number of nitrogens with one attached hydrogen (secondary N) is 2. The van der Waals surface area contributed by atoms with Gasteiger partial charge in [0, 0.05) is 16.9 Å². The van der Waals surface area contributed by atoms with Gasteiger partial charge in [0.1, 0.15) is 0 Å². The van der Waals surface area contributed by atoms with Crippen LogP contribution in [0.4, 0.5) is 11.4 Å². The van der Waals surface area contributed by atoms with Gasteiger partial charge in [0.15, 0.2) is 5.76 Å². The van der Waals surface area contributed by atoms with E-state index in [-0.39, 0.29) is 11.7 Å². The van der Waals surface area contributed by atoms with Gasteiger partial charge in [-0.2, -0.15) is 5.26 Å². The van der Waals surface area contributed by atoms with Gasteiger partial charge in [0.25, 0.3) is 11.8 Å². The van der Waals surface area contributed by atoms with E-state index in [1.54, 1.807) is 54.6 Å². The average molecular weight is 345 g/mol. The Hall–Kier alpha value is -3.85. The largest absolute Gasteiger partial charge is 0.459 e. The summed E-state index contributed by atoms with van der Waals surface area (Å²) in [5, 5.41) is 14.4. The van der Waals surface area contributed by atoms with E-state index in [0.29, 0.717) is 22.5 Å². The van der Waals surface area contributed by atoms with Gasteiger partial charge in [-0.1, -0.05) is 12.1 Å². The first-order chi connectivity index (χ1) is 12.6. The first-order valence-corrected chi connectivity index (χ1v) is 7.84. The number of amides is 2. The minimum atomic E-state index is -0.391. The molecule has 0 aliphatic carbocycles. The topological polar surface area (TPSA) is 95.1 Å². The molecule has 0 aliphatic rings. The number of hydrogen-bond acceptors (Lipinski definition) is 4. The molecule has 3 aromatic rings. The number of aryl methyl sites for hydroxylation is 1. The second-order valence-corrected chi connectivity index (χ2v) is 5.61. The van der Waals surface area contributed by atoms with Crippen molar-refractivity contribution >= 4 is 23.2 Å². The molecule has 2 N–H and O–H groups in total. The van der Waals surface area contributed by atoms with Gasteiger partial charge in [0.2, 0.25) is 0 Å². The molecule has 6 heteroatoms. The molecule has 0 fully saturated rings. The monoisotopic (exact) mass is 345 g/mol. The van der Waals surface area contributed by atoms with E-state index in [1.165, 1.54) is 6.26 Å². The number of hydrogen-bond donors (Lipinski definition) is 2. The fraction of sp³-hybridized carbons (Fsp3) is 0.0500. The predicted octanol–water partition coefficient (Wildman–Crippen LogP) is 3.96. The molecule has 26 heavy (non-hydrogen) atoms. The van der Waals surface area contributed by atoms with Crippen molar-refractivity contribution in [3.8, 4) is 6.07 Å². The molecule has 1 aromatic heterocycles. The van der Waals surface area contributed by atoms with Gasteiger partial charge < -0.3 is 15.1 Å². The van der Waals surface area contributed by atoms with E-state index in [9.17, 15) is 9.59 Å². The lowest BCUT2D eigenvalue weighted by molar-refractivity contribution is 0.0993. The summed E-state index contributed by atoms with van der Waals surface area (Å²) in [6, 6.07) is 16.9. The number of benzene rings is 2. The molecule has 2 aromatic carbocycles. The first-order valence-electron chi connectivity index (χ1n) is 7.84. The van der Waals surface area contributed by atoms with Crippen LogP contribution in [0.2, 0.25) is 0 Å². The molecule has 0 atom stereocenters. The zero-order chi connectivity index (χ0) is 18.5. The lowest BCUT2D eigenvalue weighted by Gasteiger charge is -2.10. The summed E-state index contributed by atoms with van der Waals surface area (Å²) in [6.45, 7) is 1.83. The van der Waals surface area contributed by atoms with E-state index in [4.69, 9.17) is 9.68 Å². The van der Waals surface area contributed by atoms with E-state index < -0.39 is 5.91 Å². The maximum absolute atomic E-state index is 12.5. The van der Waals surface area contributed by atoms with Gasteiger partial charge in [-0.15, -0.1) is 0 Å². The molecule has 0 saturated heterocycles. The van der Waals surface area contributed by atoms with Gasteiger partial charge in [-0.05, 0) is 55.0 Å². The minimum Gasteiger partial charge on any atom is -0.459 e. The van der Waals surface area contributed by atoms with Crippen molar-refractivity contribution in [1.82, 2.24) is 0 Å². The van der Waals surface area contributed by atoms with Gasteiger partial charge in [-0.3, -0.25) is 9.59 Å². The fourth-order valence-electron chi connectivity index (χ4n) is 2.36. The highest BCUT2D eigenvalue weighted by Crippen LogP contribution is 2.19. The van der Waals surface area contributed by atoms with Crippen LogP contribution < -0.4 is 10.6 Å². The molecule has 0 aliphatic heterocycles. The molecule has 3 rings (SSSR count). The van der Waals surface area contributed by atoms with E-state index in [0.717, 1.165) is 5.56 Å². The molecular formula is C20H15N3O3. The molecule has 0 saturated carbocycles. The lowest BCUT2D eigenvalue weighted by atomic mass is 10.1. The summed E-state index contributed by atoms with van der Waals surface area (Å²) in [5.74, 6) is -0.543. The van der Waals surface area contributed by atoms with Crippen LogP contribution in [0, 0.1) is 18.3 Å². The smallest absolute Gasteiger partial charge is 0.291 e. The van der Waals surface area contributed by atoms with Crippen LogP contribution in [-0.4, -0.2) is 11.8 Å². The lowest BCUT2D eigenvalue weighted by Crippen LogP contribution is -2.15. The Morgan fingerprint density at radius 3 is 2.58 bits per heavy atom. The van der Waals surface area contributed by atoms with Crippen LogP contribution >= 0.6 is 0 Å². The van der Waals surface area contributed by atoms with Crippen molar-refractivity contribution in [2.75, 3.05) is 10.6 Å². The van der Waals surface area contributed by atoms with E-state index in [2.05, 4.69) is 10.6 Å². The Balaban J connectivity index is 1.79. The summed E-state index contributed by atoms with van der Waals surface area (Å²) in [6.07, 6.45) is 1.42. The molecular weight excluding hydrogens is 330 g/mol. The third-order valence-corrected chi connectivity index (χ3v) is 3.74. The highest BCUT2D eigenvalue weighted by molar-refractivity contribution is 6.07. The zero-order valence-electron chi connectivity index (χ0n) is 13.9. The van der Waals surface area contributed by atoms with E-state index >= 15 is 0 Å². The number of anilines is 2. The molecule has 2 amide bonds. The van der Waals surface area contributed by atoms with Gasteiger partial charge in [-0.25, -0.2) is 0 Å². The van der Waals surface area contributed by atoms with Crippen molar-refractivity contribution < 1.29 is 14.0 Å².